The van der Waals surface area contributed by atoms with E-state index >= 15 is 0 Å². The minimum Gasteiger partial charge on any atom is -0.369 e. The van der Waals surface area contributed by atoms with Gasteiger partial charge in [0.2, 0.25) is 0 Å². The van der Waals surface area contributed by atoms with Crippen molar-refractivity contribution in [2.45, 2.75) is 6.92 Å². The highest BCUT2D eigenvalue weighted by Gasteiger charge is 2.26. The second-order valence-electron chi connectivity index (χ2n) is 6.57. The molecule has 5 heterocycles. The van der Waals surface area contributed by atoms with E-state index in [0.717, 1.165) is 47.2 Å². The summed E-state index contributed by atoms with van der Waals surface area (Å²) in [6.45, 7) is 3.64. The number of rotatable bonds is 2. The molecule has 4 aromatic heterocycles. The van der Waals surface area contributed by atoms with Crippen LogP contribution in [0.3, 0.4) is 0 Å². The molecule has 0 amide bonds. The number of nitrogens with zero attached hydrogens (tertiary/aromatic N) is 7. The Hall–Kier alpha value is -3.55. The minimum atomic E-state index is 0.618. The highest BCUT2D eigenvalue weighted by molar-refractivity contribution is 5.90. The number of imidazole rings is 1. The summed E-state index contributed by atoms with van der Waals surface area (Å²) in [4.78, 5) is 30.2. The van der Waals surface area contributed by atoms with Crippen LogP contribution in [0.2, 0.25) is 0 Å². The predicted molar refractivity (Wildman–Crippen MR) is 104 cm³/mol. The van der Waals surface area contributed by atoms with E-state index < -0.39 is 0 Å². The van der Waals surface area contributed by atoms with Crippen molar-refractivity contribution in [1.29, 1.82) is 0 Å². The summed E-state index contributed by atoms with van der Waals surface area (Å²) in [6, 6.07) is 7.86. The Morgan fingerprint density at radius 2 is 1.93 bits per heavy atom. The number of aryl methyl sites for hydroxylation is 1. The Morgan fingerprint density at radius 3 is 2.81 bits per heavy atom. The zero-order valence-corrected chi connectivity index (χ0v) is 15.1. The Labute approximate surface area is 156 Å². The average Bonchev–Trinajstić information content (AvgIpc) is 3.17. The lowest BCUT2D eigenvalue weighted by atomic mass is 10.2. The summed E-state index contributed by atoms with van der Waals surface area (Å²) in [5, 5.41) is 0. The number of fused-ring (bicyclic) bond motifs is 2. The van der Waals surface area contributed by atoms with Gasteiger partial charge in [0.1, 0.15) is 11.2 Å². The largest absolute Gasteiger partial charge is 0.369 e. The van der Waals surface area contributed by atoms with Gasteiger partial charge in [0.15, 0.2) is 17.3 Å². The van der Waals surface area contributed by atoms with E-state index in [-0.39, 0.29) is 0 Å². The zero-order valence-electron chi connectivity index (χ0n) is 15.1. The molecule has 134 valence electrons. The van der Waals surface area contributed by atoms with E-state index in [1.807, 2.05) is 37.4 Å². The van der Waals surface area contributed by atoms with Crippen molar-refractivity contribution in [3.05, 3.63) is 48.7 Å². The molecule has 0 atom stereocenters. The molecule has 0 aromatic carbocycles. The summed E-state index contributed by atoms with van der Waals surface area (Å²) < 4.78 is 0. The Morgan fingerprint density at radius 1 is 1.00 bits per heavy atom. The molecule has 1 N–H and O–H groups in total. The molecule has 1 aliphatic rings. The lowest BCUT2D eigenvalue weighted by molar-refractivity contribution is 0.802. The van der Waals surface area contributed by atoms with E-state index in [4.69, 9.17) is 4.98 Å². The van der Waals surface area contributed by atoms with Crippen LogP contribution in [0.15, 0.2) is 43.0 Å². The normalized spacial score (nSPS) is 13.9. The average molecular weight is 358 g/mol. The third-order valence-electron chi connectivity index (χ3n) is 4.79. The number of H-pyrrole nitrogens is 1. The molecule has 0 saturated carbocycles. The first-order valence-corrected chi connectivity index (χ1v) is 8.78. The Balaban J connectivity index is 1.68. The third-order valence-corrected chi connectivity index (χ3v) is 4.79. The van der Waals surface area contributed by atoms with E-state index in [0.29, 0.717) is 11.5 Å². The monoisotopic (exact) mass is 358 g/mol. The van der Waals surface area contributed by atoms with Crippen LogP contribution < -0.4 is 9.80 Å². The van der Waals surface area contributed by atoms with Crippen molar-refractivity contribution in [3.8, 4) is 11.5 Å². The molecule has 0 spiro atoms. The molecule has 27 heavy (non-hydrogen) atoms. The standard InChI is InChI=1S/C19H18N8/c1-12-4-3-5-13(24-12)17-21-10-15-19(25-17)27(9-8-26(15)2)14-6-7-20-18-16(14)22-11-23-18/h3-7,10-11H,8-9H2,1-2H3,(H,20,22,23). The summed E-state index contributed by atoms with van der Waals surface area (Å²) in [5.41, 5.74) is 5.31. The molecule has 0 unspecified atom stereocenters. The number of hydrogen-bond donors (Lipinski definition) is 1. The van der Waals surface area contributed by atoms with Crippen LogP contribution in [0.4, 0.5) is 17.2 Å². The van der Waals surface area contributed by atoms with Gasteiger partial charge in [-0.2, -0.15) is 0 Å². The fraction of sp³-hybridized carbons (Fsp3) is 0.211. The van der Waals surface area contributed by atoms with Gasteiger partial charge < -0.3 is 14.8 Å². The second kappa shape index (κ2) is 6.01. The summed E-state index contributed by atoms with van der Waals surface area (Å²) >= 11 is 0. The fourth-order valence-electron chi connectivity index (χ4n) is 3.40. The van der Waals surface area contributed by atoms with Gasteiger partial charge in [-0.1, -0.05) is 6.07 Å². The fourth-order valence-corrected chi connectivity index (χ4v) is 3.40. The maximum atomic E-state index is 4.88. The molecule has 0 bridgehead atoms. The zero-order chi connectivity index (χ0) is 18.4. The molecule has 1 aliphatic heterocycles. The van der Waals surface area contributed by atoms with Gasteiger partial charge in [0.05, 0.1) is 23.9 Å². The van der Waals surface area contributed by atoms with Crippen LogP contribution in [-0.2, 0) is 0 Å². The molecule has 0 radical (unpaired) electrons. The lowest BCUT2D eigenvalue weighted by Crippen LogP contribution is -2.37. The lowest BCUT2D eigenvalue weighted by Gasteiger charge is -2.35. The van der Waals surface area contributed by atoms with Gasteiger partial charge in [0.25, 0.3) is 0 Å². The van der Waals surface area contributed by atoms with Gasteiger partial charge in [-0.05, 0) is 25.1 Å². The first-order chi connectivity index (χ1) is 13.2. The number of likely N-dealkylation sites (N-methyl/N-ethyl adjacent to an activating group) is 1. The third kappa shape index (κ3) is 2.57. The van der Waals surface area contributed by atoms with Gasteiger partial charge in [-0.25, -0.2) is 24.9 Å². The number of nitrogens with one attached hydrogen (secondary N) is 1. The number of aromatic nitrogens is 6. The van der Waals surface area contributed by atoms with Crippen LogP contribution in [0.5, 0.6) is 0 Å². The van der Waals surface area contributed by atoms with Crippen LogP contribution in [0.1, 0.15) is 5.69 Å². The van der Waals surface area contributed by atoms with Gasteiger partial charge >= 0.3 is 0 Å². The molecular weight excluding hydrogens is 340 g/mol. The SMILES string of the molecule is Cc1cccc(-c2ncc3c(n2)N(c2ccnc4nc[nH]c24)CCN3C)n1. The molecule has 5 rings (SSSR count). The first kappa shape index (κ1) is 15.7. The quantitative estimate of drug-likeness (QED) is 0.589. The number of aromatic amines is 1. The topological polar surface area (TPSA) is 86.7 Å². The van der Waals surface area contributed by atoms with E-state index in [2.05, 4.69) is 41.8 Å². The molecule has 0 saturated heterocycles. The highest BCUT2D eigenvalue weighted by atomic mass is 15.3. The Bertz CT molecular complexity index is 1140. The molecule has 8 nitrogen and oxygen atoms in total. The van der Waals surface area contributed by atoms with Crippen molar-refractivity contribution in [1.82, 2.24) is 29.9 Å². The van der Waals surface area contributed by atoms with Crippen molar-refractivity contribution < 1.29 is 0 Å². The number of hydrogen-bond acceptors (Lipinski definition) is 7. The molecule has 4 aromatic rings. The van der Waals surface area contributed by atoms with Crippen LogP contribution in [-0.4, -0.2) is 50.0 Å². The van der Waals surface area contributed by atoms with Gasteiger partial charge in [0, 0.05) is 32.0 Å². The minimum absolute atomic E-state index is 0.618. The molecule has 0 aliphatic carbocycles. The van der Waals surface area contributed by atoms with Crippen molar-refractivity contribution in [2.75, 3.05) is 29.9 Å². The van der Waals surface area contributed by atoms with Crippen LogP contribution >= 0.6 is 0 Å². The summed E-state index contributed by atoms with van der Waals surface area (Å²) in [7, 11) is 2.06. The van der Waals surface area contributed by atoms with Crippen molar-refractivity contribution in [3.63, 3.8) is 0 Å². The first-order valence-electron chi connectivity index (χ1n) is 8.78. The molecule has 8 heteroatoms. The molecule has 0 fully saturated rings. The van der Waals surface area contributed by atoms with Crippen molar-refractivity contribution in [2.24, 2.45) is 0 Å². The Kier molecular flexibility index (Phi) is 3.49. The highest BCUT2D eigenvalue weighted by Crippen LogP contribution is 2.37. The second-order valence-corrected chi connectivity index (χ2v) is 6.57. The van der Waals surface area contributed by atoms with Crippen molar-refractivity contribution >= 4 is 28.4 Å². The van der Waals surface area contributed by atoms with E-state index in [9.17, 15) is 0 Å². The van der Waals surface area contributed by atoms with Gasteiger partial charge in [-0.15, -0.1) is 0 Å². The van der Waals surface area contributed by atoms with Gasteiger partial charge in [-0.3, -0.25) is 0 Å². The van der Waals surface area contributed by atoms with E-state index in [1.165, 1.54) is 0 Å². The summed E-state index contributed by atoms with van der Waals surface area (Å²) in [6.07, 6.45) is 5.32. The van der Waals surface area contributed by atoms with Crippen LogP contribution in [0, 0.1) is 6.92 Å². The van der Waals surface area contributed by atoms with E-state index in [1.54, 1.807) is 12.5 Å². The number of anilines is 3. The number of pyridine rings is 2. The maximum Gasteiger partial charge on any atom is 0.180 e. The summed E-state index contributed by atoms with van der Waals surface area (Å²) in [5.74, 6) is 1.48. The predicted octanol–water partition coefficient (Wildman–Crippen LogP) is 2.71. The smallest absolute Gasteiger partial charge is 0.180 e. The molecular formula is C19H18N8. The van der Waals surface area contributed by atoms with Crippen LogP contribution in [0.25, 0.3) is 22.7 Å². The maximum absolute atomic E-state index is 4.88.